The summed E-state index contributed by atoms with van der Waals surface area (Å²) in [6.07, 6.45) is 3.00. The van der Waals surface area contributed by atoms with E-state index in [1.807, 2.05) is 18.2 Å². The van der Waals surface area contributed by atoms with Crippen LogP contribution in [0.4, 0.5) is 0 Å². The molecule has 2 fully saturated rings. The Balaban J connectivity index is 1.12. The molecule has 3 heterocycles. The molecule has 0 aliphatic carbocycles. The number of carbonyl (C=O) groups excluding carboxylic acids is 4. The third-order valence-electron chi connectivity index (χ3n) is 7.93. The number of amides is 4. The van der Waals surface area contributed by atoms with Gasteiger partial charge in [-0.3, -0.25) is 29.4 Å². The summed E-state index contributed by atoms with van der Waals surface area (Å²) in [6, 6.07) is 10.1. The highest BCUT2D eigenvalue weighted by molar-refractivity contribution is 6.05. The highest BCUT2D eigenvalue weighted by Crippen LogP contribution is 2.33. The Morgan fingerprint density at radius 1 is 1.07 bits per heavy atom. The number of hydrogen-bond acceptors (Lipinski definition) is 8. The van der Waals surface area contributed by atoms with Gasteiger partial charge in [0.05, 0.1) is 33.4 Å². The third-order valence-corrected chi connectivity index (χ3v) is 7.93. The first kappa shape index (κ1) is 28.4. The summed E-state index contributed by atoms with van der Waals surface area (Å²) < 4.78 is 16.7. The molecule has 2 atom stereocenters. The molecule has 0 radical (unpaired) electrons. The Morgan fingerprint density at radius 3 is 2.59 bits per heavy atom. The summed E-state index contributed by atoms with van der Waals surface area (Å²) in [6.45, 7) is 2.64. The van der Waals surface area contributed by atoms with Gasteiger partial charge in [-0.15, -0.1) is 0 Å². The number of methoxy groups -OCH3 is 2. The molecule has 11 nitrogen and oxygen atoms in total. The number of likely N-dealkylation sites (tertiary alicyclic amines) is 1. The van der Waals surface area contributed by atoms with Crippen molar-refractivity contribution >= 4 is 23.6 Å². The lowest BCUT2D eigenvalue weighted by Crippen LogP contribution is -2.52. The van der Waals surface area contributed by atoms with Gasteiger partial charge in [0.1, 0.15) is 23.3 Å². The van der Waals surface area contributed by atoms with Crippen LogP contribution in [0.3, 0.4) is 0 Å². The molecule has 0 spiro atoms. The molecule has 0 aromatic heterocycles. The number of carbonyl (C=O) groups is 4. The minimum atomic E-state index is -0.662. The first-order valence-electron chi connectivity index (χ1n) is 14.0. The second-order valence-corrected chi connectivity index (χ2v) is 10.5. The molecule has 2 N–H and O–H groups in total. The molecule has 3 aliphatic rings. The van der Waals surface area contributed by atoms with Gasteiger partial charge in [0.2, 0.25) is 17.7 Å². The van der Waals surface area contributed by atoms with Gasteiger partial charge in [-0.05, 0) is 62.1 Å². The third kappa shape index (κ3) is 6.30. The number of hydrogen-bond donors (Lipinski definition) is 2. The van der Waals surface area contributed by atoms with Crippen LogP contribution in [0.1, 0.15) is 53.6 Å². The number of fused-ring (bicyclic) bond motifs is 1. The number of benzene rings is 2. The van der Waals surface area contributed by atoms with Crippen LogP contribution in [0.15, 0.2) is 36.4 Å². The maximum atomic E-state index is 13.0. The lowest BCUT2D eigenvalue weighted by Gasteiger charge is -2.29. The summed E-state index contributed by atoms with van der Waals surface area (Å²) >= 11 is 0. The zero-order valence-electron chi connectivity index (χ0n) is 23.4. The Morgan fingerprint density at radius 2 is 1.85 bits per heavy atom. The fourth-order valence-corrected chi connectivity index (χ4v) is 5.81. The van der Waals surface area contributed by atoms with Crippen molar-refractivity contribution < 1.29 is 33.4 Å². The average Bonchev–Trinajstić information content (AvgIpc) is 3.58. The zero-order chi connectivity index (χ0) is 28.9. The molecule has 4 amide bonds. The molecule has 5 rings (SSSR count). The van der Waals surface area contributed by atoms with Crippen molar-refractivity contribution in [1.82, 2.24) is 20.4 Å². The fourth-order valence-electron chi connectivity index (χ4n) is 5.81. The first-order valence-corrected chi connectivity index (χ1v) is 14.0. The van der Waals surface area contributed by atoms with Crippen molar-refractivity contribution in [2.24, 2.45) is 0 Å². The fraction of sp³-hybridized carbons (Fsp3) is 0.467. The Kier molecular flexibility index (Phi) is 8.72. The van der Waals surface area contributed by atoms with E-state index in [4.69, 9.17) is 14.2 Å². The smallest absolute Gasteiger partial charge is 0.255 e. The molecule has 2 unspecified atom stereocenters. The normalized spacial score (nSPS) is 20.5. The summed E-state index contributed by atoms with van der Waals surface area (Å²) in [7, 11) is 3.19. The van der Waals surface area contributed by atoms with Crippen molar-refractivity contribution in [3.05, 3.63) is 53.1 Å². The first-order chi connectivity index (χ1) is 19.9. The average molecular weight is 565 g/mol. The van der Waals surface area contributed by atoms with E-state index < -0.39 is 11.9 Å². The molecule has 2 aromatic carbocycles. The lowest BCUT2D eigenvalue weighted by molar-refractivity contribution is -0.137. The van der Waals surface area contributed by atoms with Crippen LogP contribution in [0.2, 0.25) is 0 Å². The summed E-state index contributed by atoms with van der Waals surface area (Å²) in [5.74, 6) is 1.000. The number of ether oxygens (including phenoxy) is 3. The van der Waals surface area contributed by atoms with Gasteiger partial charge in [-0.25, -0.2) is 0 Å². The van der Waals surface area contributed by atoms with Gasteiger partial charge in [-0.2, -0.15) is 0 Å². The maximum absolute atomic E-state index is 13.0. The highest BCUT2D eigenvalue weighted by atomic mass is 16.5. The van der Waals surface area contributed by atoms with E-state index in [1.54, 1.807) is 32.4 Å². The molecule has 41 heavy (non-hydrogen) atoms. The second-order valence-electron chi connectivity index (χ2n) is 10.5. The van der Waals surface area contributed by atoms with Crippen molar-refractivity contribution in [2.75, 3.05) is 33.9 Å². The molecule has 2 saturated heterocycles. The summed E-state index contributed by atoms with van der Waals surface area (Å²) in [5.41, 5.74) is 2.18. The van der Waals surface area contributed by atoms with Crippen LogP contribution in [0.25, 0.3) is 0 Å². The van der Waals surface area contributed by atoms with Crippen LogP contribution in [-0.4, -0.2) is 79.4 Å². The quantitative estimate of drug-likeness (QED) is 0.314. The SMILES string of the molecule is COc1cc(CNC(=O)C2CCCN2CCCOc2cccc3c2CN(C2CCC(=O)NC2=O)C3=O)cc(OC)c1. The highest BCUT2D eigenvalue weighted by Gasteiger charge is 2.40. The van der Waals surface area contributed by atoms with Gasteiger partial charge in [-0.1, -0.05) is 6.07 Å². The van der Waals surface area contributed by atoms with Crippen LogP contribution in [0, 0.1) is 0 Å². The van der Waals surface area contributed by atoms with E-state index in [-0.39, 0.29) is 36.7 Å². The van der Waals surface area contributed by atoms with E-state index in [1.165, 1.54) is 4.90 Å². The zero-order valence-corrected chi connectivity index (χ0v) is 23.4. The number of piperidine rings is 1. The van der Waals surface area contributed by atoms with Crippen LogP contribution >= 0.6 is 0 Å². The minimum Gasteiger partial charge on any atom is -0.497 e. The number of nitrogens with one attached hydrogen (secondary N) is 2. The van der Waals surface area contributed by atoms with Gasteiger partial charge in [0.25, 0.3) is 5.91 Å². The van der Waals surface area contributed by atoms with Crippen molar-refractivity contribution in [3.63, 3.8) is 0 Å². The van der Waals surface area contributed by atoms with E-state index in [2.05, 4.69) is 15.5 Å². The van der Waals surface area contributed by atoms with E-state index in [0.717, 1.165) is 30.5 Å². The summed E-state index contributed by atoms with van der Waals surface area (Å²) in [5, 5.41) is 5.38. The lowest BCUT2D eigenvalue weighted by atomic mass is 10.0. The molecule has 2 aromatic rings. The van der Waals surface area contributed by atoms with Gasteiger partial charge < -0.3 is 24.4 Å². The Bertz CT molecular complexity index is 1310. The molecule has 218 valence electrons. The Labute approximate surface area is 239 Å². The molecule has 3 aliphatic heterocycles. The van der Waals surface area contributed by atoms with Crippen molar-refractivity contribution in [1.29, 1.82) is 0 Å². The predicted octanol–water partition coefficient (Wildman–Crippen LogP) is 2.01. The standard InChI is InChI=1S/C30H36N4O7/c1-39-20-14-19(15-21(16-20)40-2)17-31-28(36)24-7-4-11-33(24)12-5-13-41-26-8-3-6-22-23(26)18-34(30(22)38)25-9-10-27(35)32-29(25)37/h3,6,8,14-16,24-25H,4-5,7,9-13,17-18H2,1-2H3,(H,31,36)(H,32,35,37). The molecule has 0 bridgehead atoms. The van der Waals surface area contributed by atoms with Crippen molar-refractivity contribution in [2.45, 2.75) is 57.3 Å². The van der Waals surface area contributed by atoms with E-state index in [9.17, 15) is 19.2 Å². The number of nitrogens with zero attached hydrogens (tertiary/aromatic N) is 2. The molecule has 0 saturated carbocycles. The Hall–Kier alpha value is -4.12. The maximum Gasteiger partial charge on any atom is 0.255 e. The van der Waals surface area contributed by atoms with Crippen LogP contribution in [0.5, 0.6) is 17.2 Å². The topological polar surface area (TPSA) is 127 Å². The van der Waals surface area contributed by atoms with Gasteiger partial charge in [0.15, 0.2) is 0 Å². The van der Waals surface area contributed by atoms with Crippen LogP contribution in [-0.2, 0) is 27.5 Å². The van der Waals surface area contributed by atoms with Gasteiger partial charge >= 0.3 is 0 Å². The van der Waals surface area contributed by atoms with Crippen LogP contribution < -0.4 is 24.8 Å². The molecular formula is C30H36N4O7. The largest absolute Gasteiger partial charge is 0.497 e. The molecule has 11 heteroatoms. The van der Waals surface area contributed by atoms with Crippen molar-refractivity contribution in [3.8, 4) is 17.2 Å². The predicted molar refractivity (Wildman–Crippen MR) is 149 cm³/mol. The second kappa shape index (κ2) is 12.6. The van der Waals surface area contributed by atoms with Gasteiger partial charge in [0, 0.05) is 36.7 Å². The number of imide groups is 1. The number of rotatable bonds is 11. The van der Waals surface area contributed by atoms with E-state index in [0.29, 0.717) is 55.4 Å². The molecular weight excluding hydrogens is 528 g/mol. The monoisotopic (exact) mass is 564 g/mol. The van der Waals surface area contributed by atoms with E-state index >= 15 is 0 Å². The minimum absolute atomic E-state index is 0.00172. The summed E-state index contributed by atoms with van der Waals surface area (Å²) in [4.78, 5) is 53.7.